The first-order valence-electron chi connectivity index (χ1n) is 6.56. The number of carbonyl (C=O) groups excluding carboxylic acids is 1. The second kappa shape index (κ2) is 4.66. The third kappa shape index (κ3) is 2.46. The lowest BCUT2D eigenvalue weighted by Crippen LogP contribution is -2.33. The summed E-state index contributed by atoms with van der Waals surface area (Å²) in [4.78, 5) is 16.3. The molecule has 0 aliphatic heterocycles. The van der Waals surface area contributed by atoms with Gasteiger partial charge in [0.05, 0.1) is 6.10 Å². The fourth-order valence-corrected chi connectivity index (χ4v) is 2.19. The Labute approximate surface area is 111 Å². The van der Waals surface area contributed by atoms with Crippen LogP contribution in [0.2, 0.25) is 0 Å². The highest BCUT2D eigenvalue weighted by Crippen LogP contribution is 2.32. The molecule has 1 saturated carbocycles. The van der Waals surface area contributed by atoms with E-state index in [2.05, 4.69) is 10.3 Å². The van der Waals surface area contributed by atoms with Crippen LogP contribution in [-0.2, 0) is 0 Å². The molecule has 2 aromatic rings. The smallest absolute Gasteiger partial charge is 0.271 e. The third-order valence-corrected chi connectivity index (χ3v) is 3.57. The fourth-order valence-electron chi connectivity index (χ4n) is 2.19. The minimum atomic E-state index is -0.428. The number of rotatable bonds is 4. The van der Waals surface area contributed by atoms with Crippen LogP contribution in [0, 0.1) is 12.8 Å². The number of aliphatic hydroxyl groups excluding tert-OH is 1. The second-order valence-electron chi connectivity index (χ2n) is 5.14. The maximum atomic E-state index is 12.0. The zero-order valence-electron chi connectivity index (χ0n) is 10.8. The Hall–Kier alpha value is -1.88. The van der Waals surface area contributed by atoms with Crippen LogP contribution in [0.3, 0.4) is 0 Å². The van der Waals surface area contributed by atoms with Crippen LogP contribution in [0.15, 0.2) is 24.4 Å². The molecule has 0 spiro atoms. The predicted octanol–water partition coefficient (Wildman–Crippen LogP) is 1.14. The van der Waals surface area contributed by atoms with E-state index in [0.717, 1.165) is 24.2 Å². The number of aliphatic hydroxyl groups is 1. The van der Waals surface area contributed by atoms with E-state index in [-0.39, 0.29) is 5.91 Å². The minimum Gasteiger partial charge on any atom is -0.391 e. The number of aryl methyl sites for hydroxylation is 1. The number of imidazole rings is 1. The molecule has 1 fully saturated rings. The van der Waals surface area contributed by atoms with E-state index in [0.29, 0.717) is 18.2 Å². The molecule has 5 nitrogen and oxygen atoms in total. The topological polar surface area (TPSA) is 66.6 Å². The maximum absolute atomic E-state index is 12.0. The first kappa shape index (κ1) is 12.2. The van der Waals surface area contributed by atoms with Gasteiger partial charge in [0, 0.05) is 18.4 Å². The second-order valence-corrected chi connectivity index (χ2v) is 5.14. The summed E-state index contributed by atoms with van der Waals surface area (Å²) in [6.45, 7) is 2.27. The number of aromatic nitrogens is 2. The molecule has 3 rings (SSSR count). The molecule has 1 amide bonds. The molecule has 2 heterocycles. The number of hydrogen-bond acceptors (Lipinski definition) is 3. The maximum Gasteiger partial charge on any atom is 0.271 e. The van der Waals surface area contributed by atoms with Crippen LogP contribution in [0.25, 0.3) is 5.65 Å². The molecule has 0 saturated heterocycles. The summed E-state index contributed by atoms with van der Waals surface area (Å²) in [6, 6.07) is 5.74. The van der Waals surface area contributed by atoms with Crippen molar-refractivity contribution < 1.29 is 9.90 Å². The predicted molar refractivity (Wildman–Crippen MR) is 71.0 cm³/mol. The van der Waals surface area contributed by atoms with E-state index >= 15 is 0 Å². The van der Waals surface area contributed by atoms with Gasteiger partial charge < -0.3 is 14.8 Å². The van der Waals surface area contributed by atoms with Crippen LogP contribution in [0.5, 0.6) is 0 Å². The first-order valence-corrected chi connectivity index (χ1v) is 6.56. The largest absolute Gasteiger partial charge is 0.391 e. The number of hydrogen-bond donors (Lipinski definition) is 2. The van der Waals surface area contributed by atoms with Gasteiger partial charge in [-0.15, -0.1) is 0 Å². The van der Waals surface area contributed by atoms with E-state index in [9.17, 15) is 9.90 Å². The van der Waals surface area contributed by atoms with Crippen molar-refractivity contribution in [1.29, 1.82) is 0 Å². The van der Waals surface area contributed by atoms with E-state index in [1.54, 1.807) is 6.20 Å². The zero-order valence-corrected chi connectivity index (χ0v) is 10.8. The summed E-state index contributed by atoms with van der Waals surface area (Å²) < 4.78 is 1.88. The SMILES string of the molecule is Cc1cccc2nc(C(=O)NCC(O)C3CC3)cn12. The summed E-state index contributed by atoms with van der Waals surface area (Å²) in [5.41, 5.74) is 2.17. The zero-order chi connectivity index (χ0) is 13.4. The molecule has 1 atom stereocenters. The highest BCUT2D eigenvalue weighted by Gasteiger charge is 2.29. The average molecular weight is 259 g/mol. The van der Waals surface area contributed by atoms with Gasteiger partial charge in [-0.1, -0.05) is 6.07 Å². The Bertz CT molecular complexity index is 616. The van der Waals surface area contributed by atoms with Crippen LogP contribution in [0.1, 0.15) is 29.0 Å². The number of amides is 1. The normalized spacial score (nSPS) is 16.5. The first-order chi connectivity index (χ1) is 9.15. The molecular weight excluding hydrogens is 242 g/mol. The van der Waals surface area contributed by atoms with Gasteiger partial charge in [-0.05, 0) is 37.8 Å². The lowest BCUT2D eigenvalue weighted by Gasteiger charge is -2.09. The lowest BCUT2D eigenvalue weighted by molar-refractivity contribution is 0.0897. The van der Waals surface area contributed by atoms with Crippen molar-refractivity contribution in [2.75, 3.05) is 6.54 Å². The fraction of sp³-hybridized carbons (Fsp3) is 0.429. The third-order valence-electron chi connectivity index (χ3n) is 3.57. The Morgan fingerprint density at radius 2 is 2.37 bits per heavy atom. The number of pyridine rings is 1. The lowest BCUT2D eigenvalue weighted by atomic mass is 10.2. The van der Waals surface area contributed by atoms with Crippen LogP contribution < -0.4 is 5.32 Å². The van der Waals surface area contributed by atoms with Gasteiger partial charge in [0.1, 0.15) is 11.3 Å². The van der Waals surface area contributed by atoms with Crippen molar-refractivity contribution in [3.8, 4) is 0 Å². The van der Waals surface area contributed by atoms with Crippen molar-refractivity contribution >= 4 is 11.6 Å². The summed E-state index contributed by atoms with van der Waals surface area (Å²) in [5, 5.41) is 12.5. The highest BCUT2D eigenvalue weighted by molar-refractivity contribution is 5.92. The average Bonchev–Trinajstić information content (AvgIpc) is 3.15. The number of nitrogens with one attached hydrogen (secondary N) is 1. The van der Waals surface area contributed by atoms with E-state index in [1.165, 1.54) is 0 Å². The van der Waals surface area contributed by atoms with Crippen molar-refractivity contribution in [3.05, 3.63) is 35.8 Å². The molecule has 1 unspecified atom stereocenters. The van der Waals surface area contributed by atoms with E-state index in [1.807, 2.05) is 29.5 Å². The Morgan fingerprint density at radius 1 is 1.58 bits per heavy atom. The van der Waals surface area contributed by atoms with Crippen LogP contribution in [0.4, 0.5) is 0 Å². The van der Waals surface area contributed by atoms with E-state index in [4.69, 9.17) is 0 Å². The van der Waals surface area contributed by atoms with Crippen molar-refractivity contribution in [1.82, 2.24) is 14.7 Å². The molecule has 2 aromatic heterocycles. The summed E-state index contributed by atoms with van der Waals surface area (Å²) in [5.74, 6) is 0.131. The van der Waals surface area contributed by atoms with Gasteiger partial charge in [0.15, 0.2) is 0 Å². The number of carbonyl (C=O) groups is 1. The van der Waals surface area contributed by atoms with Gasteiger partial charge >= 0.3 is 0 Å². The van der Waals surface area contributed by atoms with Crippen molar-refractivity contribution in [2.45, 2.75) is 25.9 Å². The molecular formula is C14H17N3O2. The number of fused-ring (bicyclic) bond motifs is 1. The molecule has 19 heavy (non-hydrogen) atoms. The van der Waals surface area contributed by atoms with Gasteiger partial charge in [0.2, 0.25) is 0 Å². The number of nitrogens with zero attached hydrogens (tertiary/aromatic N) is 2. The molecule has 0 radical (unpaired) electrons. The van der Waals surface area contributed by atoms with E-state index < -0.39 is 6.10 Å². The molecule has 1 aliphatic rings. The van der Waals surface area contributed by atoms with Crippen molar-refractivity contribution in [2.24, 2.45) is 5.92 Å². The molecule has 100 valence electrons. The minimum absolute atomic E-state index is 0.234. The summed E-state index contributed by atoms with van der Waals surface area (Å²) in [7, 11) is 0. The molecule has 2 N–H and O–H groups in total. The molecule has 0 bridgehead atoms. The van der Waals surface area contributed by atoms with Crippen molar-refractivity contribution in [3.63, 3.8) is 0 Å². The van der Waals surface area contributed by atoms with Crippen LogP contribution in [-0.4, -0.2) is 33.0 Å². The summed E-state index contributed by atoms with van der Waals surface area (Å²) >= 11 is 0. The quantitative estimate of drug-likeness (QED) is 0.865. The Morgan fingerprint density at radius 3 is 3.05 bits per heavy atom. The Balaban J connectivity index is 1.72. The van der Waals surface area contributed by atoms with Gasteiger partial charge in [-0.25, -0.2) is 4.98 Å². The molecule has 5 heteroatoms. The van der Waals surface area contributed by atoms with Gasteiger partial charge in [-0.3, -0.25) is 4.79 Å². The summed E-state index contributed by atoms with van der Waals surface area (Å²) in [6.07, 6.45) is 3.42. The Kier molecular flexibility index (Phi) is 2.98. The van der Waals surface area contributed by atoms with Gasteiger partial charge in [0.25, 0.3) is 5.91 Å². The van der Waals surface area contributed by atoms with Gasteiger partial charge in [-0.2, -0.15) is 0 Å². The highest BCUT2D eigenvalue weighted by atomic mass is 16.3. The molecule has 1 aliphatic carbocycles. The standard InChI is InChI=1S/C14H17N3O2/c1-9-3-2-4-13-16-11(8-17(9)13)14(19)15-7-12(18)10-5-6-10/h2-4,8,10,12,18H,5-7H2,1H3,(H,15,19). The monoisotopic (exact) mass is 259 g/mol. The molecule has 0 aromatic carbocycles. The van der Waals surface area contributed by atoms with Crippen LogP contribution >= 0.6 is 0 Å².